The lowest BCUT2D eigenvalue weighted by molar-refractivity contribution is 0.0696. The summed E-state index contributed by atoms with van der Waals surface area (Å²) in [5.74, 6) is -0.342. The molecule has 1 N–H and O–H groups in total. The zero-order chi connectivity index (χ0) is 10.3. The highest BCUT2D eigenvalue weighted by atomic mass is 35.5. The minimum atomic E-state index is -1.14. The Hall–Kier alpha value is -1.69. The number of nitrogens with zero attached hydrogens (tertiary/aromatic N) is 4. The molecule has 6 nitrogen and oxygen atoms in total. The molecule has 0 aliphatic rings. The van der Waals surface area contributed by atoms with Gasteiger partial charge in [-0.05, 0) is 6.92 Å². The van der Waals surface area contributed by atoms with Crippen LogP contribution in [0.4, 0.5) is 0 Å². The van der Waals surface area contributed by atoms with E-state index in [4.69, 9.17) is 16.7 Å². The molecule has 2 aromatic rings. The van der Waals surface area contributed by atoms with Crippen molar-refractivity contribution >= 4 is 23.3 Å². The summed E-state index contributed by atoms with van der Waals surface area (Å²) >= 11 is 5.63. The number of halogens is 1. The highest BCUT2D eigenvalue weighted by Gasteiger charge is 2.13. The molecule has 0 fully saturated rings. The summed E-state index contributed by atoms with van der Waals surface area (Å²) in [4.78, 5) is 18.4. The van der Waals surface area contributed by atoms with Crippen molar-refractivity contribution in [3.05, 3.63) is 22.7 Å². The number of rotatable bonds is 1. The Morgan fingerprint density at radius 1 is 1.57 bits per heavy atom. The van der Waals surface area contributed by atoms with Crippen molar-refractivity contribution in [3.63, 3.8) is 0 Å². The van der Waals surface area contributed by atoms with Crippen LogP contribution in [0.1, 0.15) is 16.2 Å². The number of carboxylic acid groups (broad SMARTS) is 1. The third-order valence-electron chi connectivity index (χ3n) is 1.62. The van der Waals surface area contributed by atoms with Crippen LogP contribution in [0.25, 0.3) is 5.78 Å². The molecule has 0 saturated heterocycles. The first-order valence-electron chi connectivity index (χ1n) is 3.71. The van der Waals surface area contributed by atoms with E-state index in [0.717, 1.165) is 0 Å². The largest absolute Gasteiger partial charge is 0.478 e. The predicted octanol–water partition coefficient (Wildman–Crippen LogP) is 0.784. The van der Waals surface area contributed by atoms with Gasteiger partial charge in [0.25, 0.3) is 5.78 Å². The van der Waals surface area contributed by atoms with Gasteiger partial charge < -0.3 is 5.11 Å². The fourth-order valence-corrected chi connectivity index (χ4v) is 1.25. The normalized spacial score (nSPS) is 10.7. The van der Waals surface area contributed by atoms with Gasteiger partial charge in [0.05, 0.1) is 6.20 Å². The highest BCUT2D eigenvalue weighted by Crippen LogP contribution is 2.13. The summed E-state index contributed by atoms with van der Waals surface area (Å²) in [5.41, 5.74) is -0.0935. The van der Waals surface area contributed by atoms with E-state index < -0.39 is 5.97 Å². The van der Waals surface area contributed by atoms with Crippen LogP contribution in [0.3, 0.4) is 0 Å². The predicted molar refractivity (Wildman–Crippen MR) is 47.5 cm³/mol. The smallest absolute Gasteiger partial charge is 0.340 e. The van der Waals surface area contributed by atoms with E-state index in [9.17, 15) is 4.79 Å². The average Bonchev–Trinajstić information content (AvgIpc) is 2.42. The minimum absolute atomic E-state index is 0.0857. The molecule has 0 amide bonds. The van der Waals surface area contributed by atoms with Crippen LogP contribution in [0, 0.1) is 6.92 Å². The zero-order valence-electron chi connectivity index (χ0n) is 7.10. The Bertz CT molecular complexity index is 522. The summed E-state index contributed by atoms with van der Waals surface area (Å²) in [5, 5.41) is 12.6. The summed E-state index contributed by atoms with van der Waals surface area (Å²) in [7, 11) is 0. The maximum atomic E-state index is 10.7. The SMILES string of the molecule is Cc1nc2nc(Cl)c(C(=O)O)cn2n1. The molecule has 72 valence electrons. The van der Waals surface area contributed by atoms with E-state index in [-0.39, 0.29) is 16.5 Å². The first kappa shape index (κ1) is 8.89. The molecule has 0 aliphatic heterocycles. The molecule has 7 heteroatoms. The number of fused-ring (bicyclic) bond motifs is 1. The van der Waals surface area contributed by atoms with Crippen molar-refractivity contribution in [2.24, 2.45) is 0 Å². The van der Waals surface area contributed by atoms with Gasteiger partial charge in [-0.1, -0.05) is 11.6 Å². The minimum Gasteiger partial charge on any atom is -0.478 e. The van der Waals surface area contributed by atoms with E-state index in [1.807, 2.05) is 0 Å². The summed E-state index contributed by atoms with van der Waals surface area (Å²) in [6, 6.07) is 0. The molecule has 0 atom stereocenters. The van der Waals surface area contributed by atoms with Gasteiger partial charge in [0.15, 0.2) is 0 Å². The van der Waals surface area contributed by atoms with Gasteiger partial charge in [-0.25, -0.2) is 9.31 Å². The maximum Gasteiger partial charge on any atom is 0.340 e. The molecule has 0 spiro atoms. The van der Waals surface area contributed by atoms with Crippen molar-refractivity contribution in [3.8, 4) is 0 Å². The zero-order valence-corrected chi connectivity index (χ0v) is 7.86. The summed E-state index contributed by atoms with van der Waals surface area (Å²) < 4.78 is 1.28. The van der Waals surface area contributed by atoms with Crippen molar-refractivity contribution in [1.29, 1.82) is 0 Å². The van der Waals surface area contributed by atoms with Crippen LogP contribution in [0.5, 0.6) is 0 Å². The number of carbonyl (C=O) groups is 1. The van der Waals surface area contributed by atoms with Crippen LogP contribution in [0.15, 0.2) is 6.20 Å². The first-order valence-corrected chi connectivity index (χ1v) is 4.08. The van der Waals surface area contributed by atoms with E-state index in [1.54, 1.807) is 6.92 Å². The molecule has 0 saturated carbocycles. The highest BCUT2D eigenvalue weighted by molar-refractivity contribution is 6.32. The number of hydrogen-bond acceptors (Lipinski definition) is 4. The Morgan fingerprint density at radius 2 is 2.29 bits per heavy atom. The molecular weight excluding hydrogens is 208 g/mol. The van der Waals surface area contributed by atoms with Gasteiger partial charge in [0.2, 0.25) is 0 Å². The van der Waals surface area contributed by atoms with Crippen molar-refractivity contribution < 1.29 is 9.90 Å². The van der Waals surface area contributed by atoms with Crippen LogP contribution in [0.2, 0.25) is 5.15 Å². The molecule has 2 aromatic heterocycles. The second-order valence-corrected chi connectivity index (χ2v) is 3.01. The van der Waals surface area contributed by atoms with E-state index in [0.29, 0.717) is 5.82 Å². The van der Waals surface area contributed by atoms with Gasteiger partial charge in [-0.15, -0.1) is 0 Å². The van der Waals surface area contributed by atoms with Crippen molar-refractivity contribution in [2.45, 2.75) is 6.92 Å². The molecule has 0 aromatic carbocycles. The van der Waals surface area contributed by atoms with Gasteiger partial charge in [0, 0.05) is 0 Å². The lowest BCUT2D eigenvalue weighted by Gasteiger charge is -1.97. The summed E-state index contributed by atoms with van der Waals surface area (Å²) in [6.07, 6.45) is 1.28. The molecule has 0 bridgehead atoms. The molecule has 14 heavy (non-hydrogen) atoms. The van der Waals surface area contributed by atoms with Gasteiger partial charge in [-0.2, -0.15) is 15.1 Å². The second-order valence-electron chi connectivity index (χ2n) is 2.65. The van der Waals surface area contributed by atoms with Crippen LogP contribution in [-0.2, 0) is 0 Å². The standard InChI is InChI=1S/C7H5ClN4O2/c1-3-9-7-10-5(8)4(6(13)14)2-12(7)11-3/h2H,1H3,(H,13,14). The first-order chi connectivity index (χ1) is 6.58. The number of aromatic carboxylic acids is 1. The molecular formula is C7H5ClN4O2. The molecule has 0 unspecified atom stereocenters. The van der Waals surface area contributed by atoms with Crippen LogP contribution < -0.4 is 0 Å². The number of aromatic nitrogens is 4. The lowest BCUT2D eigenvalue weighted by Crippen LogP contribution is -2.03. The van der Waals surface area contributed by atoms with Crippen molar-refractivity contribution in [2.75, 3.05) is 0 Å². The molecule has 2 rings (SSSR count). The number of hydrogen-bond donors (Lipinski definition) is 1. The topological polar surface area (TPSA) is 80.4 Å². The third-order valence-corrected chi connectivity index (χ3v) is 1.91. The third kappa shape index (κ3) is 1.29. The van der Waals surface area contributed by atoms with Gasteiger partial charge >= 0.3 is 5.97 Å². The fourth-order valence-electron chi connectivity index (χ4n) is 1.05. The summed E-state index contributed by atoms with van der Waals surface area (Å²) in [6.45, 7) is 1.68. The second kappa shape index (κ2) is 2.91. The van der Waals surface area contributed by atoms with E-state index >= 15 is 0 Å². The number of aryl methyl sites for hydroxylation is 1. The molecule has 0 radical (unpaired) electrons. The lowest BCUT2D eigenvalue weighted by atomic mass is 10.3. The quantitative estimate of drug-likeness (QED) is 0.707. The van der Waals surface area contributed by atoms with Crippen LogP contribution in [-0.4, -0.2) is 30.7 Å². The Labute approximate surface area is 83.2 Å². The monoisotopic (exact) mass is 212 g/mol. The van der Waals surface area contributed by atoms with Crippen molar-refractivity contribution in [1.82, 2.24) is 19.6 Å². The van der Waals surface area contributed by atoms with Crippen LogP contribution >= 0.6 is 11.6 Å². The Balaban J connectivity index is 2.76. The fraction of sp³-hybridized carbons (Fsp3) is 0.143. The Morgan fingerprint density at radius 3 is 2.93 bits per heavy atom. The van der Waals surface area contributed by atoms with Gasteiger partial charge in [0.1, 0.15) is 16.5 Å². The Kier molecular flexibility index (Phi) is 1.85. The van der Waals surface area contributed by atoms with E-state index in [1.165, 1.54) is 10.7 Å². The number of carboxylic acids is 1. The molecule has 2 heterocycles. The van der Waals surface area contributed by atoms with Gasteiger partial charge in [-0.3, -0.25) is 0 Å². The van der Waals surface area contributed by atoms with E-state index in [2.05, 4.69) is 15.1 Å². The average molecular weight is 213 g/mol. The molecule has 0 aliphatic carbocycles. The maximum absolute atomic E-state index is 10.7.